The van der Waals surface area contributed by atoms with Gasteiger partial charge < -0.3 is 5.32 Å². The van der Waals surface area contributed by atoms with E-state index >= 15 is 0 Å². The van der Waals surface area contributed by atoms with E-state index in [1.165, 1.54) is 12.8 Å². The third kappa shape index (κ3) is 4.06. The van der Waals surface area contributed by atoms with Crippen LogP contribution in [0.2, 0.25) is 0 Å². The Morgan fingerprint density at radius 2 is 2.16 bits per heavy atom. The molecule has 1 atom stereocenters. The molecule has 1 fully saturated rings. The highest BCUT2D eigenvalue weighted by Gasteiger charge is 2.23. The summed E-state index contributed by atoms with van der Waals surface area (Å²) in [5.41, 5.74) is 0.763. The topological polar surface area (TPSA) is 46.9 Å². The molecule has 1 aromatic rings. The van der Waals surface area contributed by atoms with E-state index in [4.69, 9.17) is 0 Å². The number of anilines is 1. The lowest BCUT2D eigenvalue weighted by molar-refractivity contribution is 0.526. The van der Waals surface area contributed by atoms with Gasteiger partial charge in [-0.15, -0.1) is 0 Å². The van der Waals surface area contributed by atoms with Crippen LogP contribution in [0, 0.1) is 11.8 Å². The van der Waals surface area contributed by atoms with Gasteiger partial charge in [-0.25, -0.2) is 4.68 Å². The molecule has 2 rings (SSSR count). The third-order valence-electron chi connectivity index (χ3n) is 3.34. The van der Waals surface area contributed by atoms with Crippen molar-refractivity contribution < 1.29 is 0 Å². The fourth-order valence-corrected chi connectivity index (χ4v) is 2.69. The summed E-state index contributed by atoms with van der Waals surface area (Å²) in [6, 6.07) is 0.330. The van der Waals surface area contributed by atoms with Gasteiger partial charge >= 0.3 is 0 Å². The number of nitrogens with zero attached hydrogens (tertiary/aromatic N) is 2. The van der Waals surface area contributed by atoms with Crippen molar-refractivity contribution >= 4 is 21.6 Å². The summed E-state index contributed by atoms with van der Waals surface area (Å²) in [6.07, 6.45) is 5.26. The molecular formula is C14H22BrN3O. The Hall–Kier alpha value is -0.840. The monoisotopic (exact) mass is 327 g/mol. The van der Waals surface area contributed by atoms with Gasteiger partial charge in [-0.1, -0.05) is 13.8 Å². The second-order valence-electron chi connectivity index (χ2n) is 5.98. The van der Waals surface area contributed by atoms with E-state index in [0.29, 0.717) is 22.4 Å². The van der Waals surface area contributed by atoms with E-state index < -0.39 is 0 Å². The Morgan fingerprint density at radius 1 is 1.47 bits per heavy atom. The van der Waals surface area contributed by atoms with Gasteiger partial charge in [0.2, 0.25) is 0 Å². The Bertz CT molecular complexity index is 494. The van der Waals surface area contributed by atoms with Gasteiger partial charge in [0.15, 0.2) is 0 Å². The maximum atomic E-state index is 12.2. The molecule has 0 aliphatic heterocycles. The molecule has 0 aromatic carbocycles. The predicted octanol–water partition coefficient (Wildman–Crippen LogP) is 3.26. The average molecular weight is 328 g/mol. The minimum absolute atomic E-state index is 0.0337. The molecule has 5 heteroatoms. The van der Waals surface area contributed by atoms with Crippen LogP contribution >= 0.6 is 15.9 Å². The molecule has 1 aliphatic rings. The van der Waals surface area contributed by atoms with Crippen LogP contribution in [0.25, 0.3) is 0 Å². The van der Waals surface area contributed by atoms with E-state index in [1.807, 2.05) is 0 Å². The first-order valence-electron chi connectivity index (χ1n) is 6.99. The van der Waals surface area contributed by atoms with Crippen molar-refractivity contribution in [3.63, 3.8) is 0 Å². The number of aromatic nitrogens is 2. The van der Waals surface area contributed by atoms with Crippen molar-refractivity contribution in [1.82, 2.24) is 9.78 Å². The fourth-order valence-electron chi connectivity index (χ4n) is 2.27. The van der Waals surface area contributed by atoms with Crippen LogP contribution in [-0.2, 0) is 6.54 Å². The van der Waals surface area contributed by atoms with Crippen LogP contribution in [-0.4, -0.2) is 15.8 Å². The highest BCUT2D eigenvalue weighted by molar-refractivity contribution is 9.10. The summed E-state index contributed by atoms with van der Waals surface area (Å²) < 4.78 is 2.17. The lowest BCUT2D eigenvalue weighted by Crippen LogP contribution is -2.27. The zero-order valence-electron chi connectivity index (χ0n) is 11.8. The van der Waals surface area contributed by atoms with Gasteiger partial charge in [-0.3, -0.25) is 4.79 Å². The number of hydrogen-bond donors (Lipinski definition) is 1. The van der Waals surface area contributed by atoms with E-state index in [1.54, 1.807) is 10.9 Å². The molecule has 0 saturated heterocycles. The molecule has 1 aliphatic carbocycles. The molecule has 0 radical (unpaired) electrons. The van der Waals surface area contributed by atoms with Crippen molar-refractivity contribution in [2.45, 2.75) is 52.6 Å². The quantitative estimate of drug-likeness (QED) is 0.872. The van der Waals surface area contributed by atoms with Gasteiger partial charge in [0, 0.05) is 12.6 Å². The maximum Gasteiger partial charge on any atom is 0.283 e. The lowest BCUT2D eigenvalue weighted by atomic mass is 10.1. The summed E-state index contributed by atoms with van der Waals surface area (Å²) in [5.74, 6) is 1.28. The smallest absolute Gasteiger partial charge is 0.283 e. The molecule has 1 saturated carbocycles. The van der Waals surface area contributed by atoms with Crippen LogP contribution in [0.3, 0.4) is 0 Å². The van der Waals surface area contributed by atoms with Gasteiger partial charge in [-0.05, 0) is 54.0 Å². The second-order valence-corrected chi connectivity index (χ2v) is 6.77. The van der Waals surface area contributed by atoms with E-state index in [-0.39, 0.29) is 5.56 Å². The first kappa shape index (κ1) is 14.6. The van der Waals surface area contributed by atoms with Gasteiger partial charge in [0.05, 0.1) is 11.9 Å². The molecule has 1 heterocycles. The Balaban J connectivity index is 2.09. The van der Waals surface area contributed by atoms with E-state index in [0.717, 1.165) is 18.7 Å². The molecule has 0 spiro atoms. The normalized spacial score (nSPS) is 16.7. The SMILES string of the molecule is CC(C)CC(C)Nc1cnn(CC2CC2)c(=O)c1Br. The van der Waals surface area contributed by atoms with Crippen molar-refractivity contribution in [2.24, 2.45) is 11.8 Å². The standard InChI is InChI=1S/C14H22BrN3O/c1-9(2)6-10(3)17-12-7-16-18(8-11-4-5-11)14(19)13(12)15/h7,9-11,17H,4-6,8H2,1-3H3. The molecule has 0 bridgehead atoms. The Labute approximate surface area is 122 Å². The molecule has 19 heavy (non-hydrogen) atoms. The highest BCUT2D eigenvalue weighted by atomic mass is 79.9. The van der Waals surface area contributed by atoms with Crippen LogP contribution < -0.4 is 10.9 Å². The molecule has 1 N–H and O–H groups in total. The maximum absolute atomic E-state index is 12.2. The first-order chi connectivity index (χ1) is 8.97. The Morgan fingerprint density at radius 3 is 2.74 bits per heavy atom. The summed E-state index contributed by atoms with van der Waals surface area (Å²) in [6.45, 7) is 7.26. The van der Waals surface area contributed by atoms with Gasteiger partial charge in [-0.2, -0.15) is 5.10 Å². The van der Waals surface area contributed by atoms with Gasteiger partial charge in [0.25, 0.3) is 5.56 Å². The van der Waals surface area contributed by atoms with Crippen LogP contribution in [0.5, 0.6) is 0 Å². The third-order valence-corrected chi connectivity index (χ3v) is 4.11. The largest absolute Gasteiger partial charge is 0.380 e. The number of nitrogens with one attached hydrogen (secondary N) is 1. The predicted molar refractivity (Wildman–Crippen MR) is 81.5 cm³/mol. The number of rotatable bonds is 6. The molecule has 106 valence electrons. The summed E-state index contributed by atoms with van der Waals surface area (Å²) in [5, 5.41) is 7.62. The minimum Gasteiger partial charge on any atom is -0.380 e. The molecule has 0 amide bonds. The van der Waals surface area contributed by atoms with Crippen LogP contribution in [0.1, 0.15) is 40.0 Å². The highest BCUT2D eigenvalue weighted by Crippen LogP contribution is 2.30. The zero-order chi connectivity index (χ0) is 14.0. The van der Waals surface area contributed by atoms with Crippen molar-refractivity contribution in [1.29, 1.82) is 0 Å². The molecule has 1 unspecified atom stereocenters. The van der Waals surface area contributed by atoms with Crippen LogP contribution in [0.15, 0.2) is 15.5 Å². The van der Waals surface area contributed by atoms with E-state index in [2.05, 4.69) is 47.1 Å². The first-order valence-corrected chi connectivity index (χ1v) is 7.78. The van der Waals surface area contributed by atoms with Crippen molar-refractivity contribution in [3.8, 4) is 0 Å². The number of halogens is 1. The van der Waals surface area contributed by atoms with Crippen molar-refractivity contribution in [3.05, 3.63) is 21.0 Å². The minimum atomic E-state index is -0.0337. The molecule has 4 nitrogen and oxygen atoms in total. The van der Waals surface area contributed by atoms with Crippen molar-refractivity contribution in [2.75, 3.05) is 5.32 Å². The number of hydrogen-bond acceptors (Lipinski definition) is 3. The lowest BCUT2D eigenvalue weighted by Gasteiger charge is -2.18. The van der Waals surface area contributed by atoms with Crippen LogP contribution in [0.4, 0.5) is 5.69 Å². The summed E-state index contributed by atoms with van der Waals surface area (Å²) in [7, 11) is 0. The molecule has 1 aromatic heterocycles. The van der Waals surface area contributed by atoms with Gasteiger partial charge in [0.1, 0.15) is 4.47 Å². The summed E-state index contributed by atoms with van der Waals surface area (Å²) >= 11 is 3.40. The average Bonchev–Trinajstić information content (AvgIpc) is 3.12. The molecular weight excluding hydrogens is 306 g/mol. The zero-order valence-corrected chi connectivity index (χ0v) is 13.4. The van der Waals surface area contributed by atoms with E-state index in [9.17, 15) is 4.79 Å². The Kier molecular flexibility index (Phi) is 4.66. The second kappa shape index (κ2) is 6.07. The summed E-state index contributed by atoms with van der Waals surface area (Å²) in [4.78, 5) is 12.2. The fraction of sp³-hybridized carbons (Fsp3) is 0.714.